The zero-order valence-corrected chi connectivity index (χ0v) is 18.1. The number of carbonyl (C=O) groups excluding carboxylic acids is 2. The molecule has 0 spiro atoms. The van der Waals surface area contributed by atoms with Crippen molar-refractivity contribution in [1.82, 2.24) is 0 Å². The molecule has 0 saturated heterocycles. The Balaban J connectivity index is 1.89. The van der Waals surface area contributed by atoms with Crippen molar-refractivity contribution in [2.45, 2.75) is 0 Å². The smallest absolute Gasteiger partial charge is 0.348 e. The summed E-state index contributed by atoms with van der Waals surface area (Å²) < 4.78 is 11.2. The quantitative estimate of drug-likeness (QED) is 0.250. The molecule has 0 aliphatic rings. The van der Waals surface area contributed by atoms with Crippen molar-refractivity contribution in [2.24, 2.45) is 0 Å². The molecule has 0 aliphatic heterocycles. The lowest BCUT2D eigenvalue weighted by Gasteiger charge is -2.05. The molecule has 0 bridgehead atoms. The van der Waals surface area contributed by atoms with E-state index >= 15 is 0 Å². The molecule has 0 unspecified atom stereocenters. The fourth-order valence-electron chi connectivity index (χ4n) is 3.66. The molecule has 0 atom stereocenters. The Hall–Kier alpha value is -3.87. The lowest BCUT2D eigenvalue weighted by molar-refractivity contribution is 0.0984. The molecule has 1 N–H and O–H groups in total. The molecular formula is C25H12Cl2O6. The van der Waals surface area contributed by atoms with E-state index < -0.39 is 23.0 Å². The van der Waals surface area contributed by atoms with Gasteiger partial charge in [0.1, 0.15) is 16.7 Å². The predicted molar refractivity (Wildman–Crippen MR) is 124 cm³/mol. The number of halogens is 2. The average molecular weight is 479 g/mol. The molecular weight excluding hydrogens is 467 g/mol. The molecule has 2 aromatic heterocycles. The van der Waals surface area contributed by atoms with Gasteiger partial charge >= 0.3 is 5.63 Å². The van der Waals surface area contributed by atoms with E-state index in [0.29, 0.717) is 10.4 Å². The summed E-state index contributed by atoms with van der Waals surface area (Å²) in [6.45, 7) is 0. The lowest BCUT2D eigenvalue weighted by Crippen LogP contribution is -2.12. The van der Waals surface area contributed by atoms with Gasteiger partial charge in [0.25, 0.3) is 0 Å². The second-order valence-electron chi connectivity index (χ2n) is 7.23. The summed E-state index contributed by atoms with van der Waals surface area (Å²) in [4.78, 5) is 39.8. The van der Waals surface area contributed by atoms with E-state index in [1.807, 2.05) is 0 Å². The SMILES string of the molecule is O=C(c1cc(Cl)ccc1O)c1oc2c(c1C(=O)c1ccccc1)c(=O)oc1ccc(Cl)cc12. The first-order chi connectivity index (χ1) is 15.8. The van der Waals surface area contributed by atoms with Gasteiger partial charge in [0, 0.05) is 15.6 Å². The zero-order valence-electron chi connectivity index (χ0n) is 16.6. The number of carbonyl (C=O) groups is 2. The molecule has 0 amide bonds. The monoisotopic (exact) mass is 478 g/mol. The Bertz CT molecular complexity index is 1650. The highest BCUT2D eigenvalue weighted by Gasteiger charge is 2.32. The summed E-state index contributed by atoms with van der Waals surface area (Å²) in [6.07, 6.45) is 0. The Kier molecular flexibility index (Phi) is 5.04. The average Bonchev–Trinajstić information content (AvgIpc) is 3.22. The predicted octanol–water partition coefficient (Wildman–Crippen LogP) is 6.01. The number of rotatable bonds is 4. The van der Waals surface area contributed by atoms with Crippen LogP contribution in [0.2, 0.25) is 10.0 Å². The molecule has 6 nitrogen and oxygen atoms in total. The number of benzene rings is 3. The first-order valence-electron chi connectivity index (χ1n) is 9.67. The van der Waals surface area contributed by atoms with Crippen molar-refractivity contribution in [3.8, 4) is 5.75 Å². The van der Waals surface area contributed by atoms with Gasteiger partial charge in [-0.25, -0.2) is 4.79 Å². The Labute approximate surface area is 195 Å². The highest BCUT2D eigenvalue weighted by molar-refractivity contribution is 6.32. The zero-order chi connectivity index (χ0) is 23.3. The van der Waals surface area contributed by atoms with Crippen molar-refractivity contribution in [2.75, 3.05) is 0 Å². The summed E-state index contributed by atoms with van der Waals surface area (Å²) in [5.74, 6) is -2.22. The van der Waals surface area contributed by atoms with Crippen LogP contribution in [0.1, 0.15) is 32.0 Å². The third kappa shape index (κ3) is 3.50. The van der Waals surface area contributed by atoms with Gasteiger partial charge in [-0.15, -0.1) is 0 Å². The number of hydrogen-bond acceptors (Lipinski definition) is 6. The summed E-state index contributed by atoms with van der Waals surface area (Å²) in [6, 6.07) is 16.6. The number of furan rings is 1. The molecule has 3 aromatic carbocycles. The van der Waals surface area contributed by atoms with Crippen LogP contribution >= 0.6 is 23.2 Å². The number of hydrogen-bond donors (Lipinski definition) is 1. The van der Waals surface area contributed by atoms with Crippen LogP contribution < -0.4 is 5.63 Å². The molecule has 0 aliphatic carbocycles. The van der Waals surface area contributed by atoms with Crippen LogP contribution in [0, 0.1) is 0 Å². The minimum absolute atomic E-state index is 0.0205. The van der Waals surface area contributed by atoms with Crippen molar-refractivity contribution in [3.63, 3.8) is 0 Å². The fourth-order valence-corrected chi connectivity index (χ4v) is 4.00. The van der Waals surface area contributed by atoms with Gasteiger partial charge in [-0.1, -0.05) is 53.5 Å². The van der Waals surface area contributed by atoms with E-state index in [9.17, 15) is 19.5 Å². The Morgan fingerprint density at radius 1 is 0.818 bits per heavy atom. The normalized spacial score (nSPS) is 11.2. The summed E-state index contributed by atoms with van der Waals surface area (Å²) in [5, 5.41) is 10.9. The third-order valence-electron chi connectivity index (χ3n) is 5.17. The number of ketones is 2. The lowest BCUT2D eigenvalue weighted by atomic mass is 9.97. The maximum absolute atomic E-state index is 13.5. The van der Waals surface area contributed by atoms with Crippen LogP contribution in [-0.4, -0.2) is 16.7 Å². The molecule has 0 radical (unpaired) electrons. The number of phenolic OH excluding ortho intramolecular Hbond substituents is 1. The van der Waals surface area contributed by atoms with Gasteiger partial charge in [-0.05, 0) is 36.4 Å². The van der Waals surface area contributed by atoms with Crippen LogP contribution in [0.25, 0.3) is 21.9 Å². The van der Waals surface area contributed by atoms with Crippen molar-refractivity contribution < 1.29 is 23.5 Å². The van der Waals surface area contributed by atoms with Crippen molar-refractivity contribution in [1.29, 1.82) is 0 Å². The van der Waals surface area contributed by atoms with Gasteiger partial charge in [0.05, 0.1) is 16.5 Å². The van der Waals surface area contributed by atoms with Gasteiger partial charge < -0.3 is 13.9 Å². The number of fused-ring (bicyclic) bond motifs is 3. The summed E-state index contributed by atoms with van der Waals surface area (Å²) in [5.41, 5.74) is -0.916. The maximum atomic E-state index is 13.5. The minimum Gasteiger partial charge on any atom is -0.507 e. The molecule has 5 aromatic rings. The van der Waals surface area contributed by atoms with Crippen molar-refractivity contribution in [3.05, 3.63) is 110 Å². The maximum Gasteiger partial charge on any atom is 0.348 e. The molecule has 0 saturated carbocycles. The Morgan fingerprint density at radius 3 is 2.27 bits per heavy atom. The van der Waals surface area contributed by atoms with E-state index in [2.05, 4.69) is 0 Å². The molecule has 162 valence electrons. The van der Waals surface area contributed by atoms with Crippen LogP contribution in [0.3, 0.4) is 0 Å². The second kappa shape index (κ2) is 7.92. The van der Waals surface area contributed by atoms with Gasteiger partial charge in [0.2, 0.25) is 5.78 Å². The molecule has 8 heteroatoms. The van der Waals surface area contributed by atoms with Crippen LogP contribution in [0.4, 0.5) is 0 Å². The standard InChI is InChI=1S/C25H12Cl2O6/c26-13-6-8-17(28)15(10-13)22(30)24-19(21(29)12-4-2-1-3-5-12)20-23(33-24)16-11-14(27)7-9-18(16)32-25(20)31/h1-11,28H. The first kappa shape index (κ1) is 21.0. The van der Waals surface area contributed by atoms with Gasteiger partial charge in [-0.2, -0.15) is 0 Å². The minimum atomic E-state index is -0.850. The molecule has 2 heterocycles. The van der Waals surface area contributed by atoms with Crippen molar-refractivity contribution >= 4 is 56.7 Å². The first-order valence-corrected chi connectivity index (χ1v) is 10.4. The van der Waals surface area contributed by atoms with Crippen LogP contribution in [0.15, 0.2) is 80.4 Å². The fraction of sp³-hybridized carbons (Fsp3) is 0. The van der Waals surface area contributed by atoms with E-state index in [1.54, 1.807) is 30.3 Å². The van der Waals surface area contributed by atoms with E-state index in [-0.39, 0.29) is 44.0 Å². The number of phenols is 1. The molecule has 5 rings (SSSR count). The van der Waals surface area contributed by atoms with E-state index in [1.165, 1.54) is 36.4 Å². The highest BCUT2D eigenvalue weighted by atomic mass is 35.5. The van der Waals surface area contributed by atoms with Gasteiger partial charge in [-0.3, -0.25) is 9.59 Å². The topological polar surface area (TPSA) is 97.7 Å². The van der Waals surface area contributed by atoms with E-state index in [4.69, 9.17) is 32.0 Å². The van der Waals surface area contributed by atoms with Crippen LogP contribution in [0.5, 0.6) is 5.75 Å². The molecule has 0 fully saturated rings. The number of aromatic hydroxyl groups is 1. The second-order valence-corrected chi connectivity index (χ2v) is 8.10. The summed E-state index contributed by atoms with van der Waals surface area (Å²) >= 11 is 12.1. The van der Waals surface area contributed by atoms with Gasteiger partial charge in [0.15, 0.2) is 17.1 Å². The highest BCUT2D eigenvalue weighted by Crippen LogP contribution is 2.35. The largest absolute Gasteiger partial charge is 0.507 e. The third-order valence-corrected chi connectivity index (χ3v) is 5.64. The van der Waals surface area contributed by atoms with E-state index in [0.717, 1.165) is 0 Å². The summed E-state index contributed by atoms with van der Waals surface area (Å²) in [7, 11) is 0. The molecule has 33 heavy (non-hydrogen) atoms. The van der Waals surface area contributed by atoms with Crippen LogP contribution in [-0.2, 0) is 0 Å². The Morgan fingerprint density at radius 2 is 1.52 bits per heavy atom.